The molecule has 3 rings (SSSR count). The highest BCUT2D eigenvalue weighted by Gasteiger charge is 2.27. The summed E-state index contributed by atoms with van der Waals surface area (Å²) < 4.78 is 11.4. The highest BCUT2D eigenvalue weighted by atomic mass is 35.5. The predicted octanol–water partition coefficient (Wildman–Crippen LogP) is 5.34. The summed E-state index contributed by atoms with van der Waals surface area (Å²) in [6.07, 6.45) is 4.20. The van der Waals surface area contributed by atoms with Crippen LogP contribution >= 0.6 is 23.2 Å². The van der Waals surface area contributed by atoms with Gasteiger partial charge in [-0.3, -0.25) is 0 Å². The Kier molecular flexibility index (Phi) is 8.34. The predicted molar refractivity (Wildman–Crippen MR) is 117 cm³/mol. The molecule has 0 aromatic heterocycles. The molecule has 1 amide bonds. The molecule has 29 heavy (non-hydrogen) atoms. The van der Waals surface area contributed by atoms with Crippen molar-refractivity contribution in [1.82, 2.24) is 9.80 Å². The zero-order valence-corrected chi connectivity index (χ0v) is 18.9. The van der Waals surface area contributed by atoms with E-state index in [0.29, 0.717) is 28.5 Å². The van der Waals surface area contributed by atoms with Crippen molar-refractivity contribution in [3.8, 4) is 5.75 Å². The molecule has 2 fully saturated rings. The van der Waals surface area contributed by atoms with Crippen molar-refractivity contribution in [2.45, 2.75) is 45.6 Å². The second-order valence-electron chi connectivity index (χ2n) is 8.59. The number of hydrogen-bond donors (Lipinski definition) is 0. The van der Waals surface area contributed by atoms with E-state index in [0.717, 1.165) is 64.2 Å². The van der Waals surface area contributed by atoms with Crippen molar-refractivity contribution in [3.05, 3.63) is 28.2 Å². The average molecular weight is 443 g/mol. The van der Waals surface area contributed by atoms with E-state index in [1.807, 2.05) is 11.0 Å². The van der Waals surface area contributed by atoms with E-state index < -0.39 is 0 Å². The Morgan fingerprint density at radius 2 is 1.76 bits per heavy atom. The standard InChI is InChI=1S/C22H32Cl2N2O3/c1-16(2)15-28-22(27)26-11-5-17(6-12-26)14-25-9-7-18(8-10-25)29-19-3-4-20(23)21(24)13-19/h3-4,13,16-18H,5-12,14-15H2,1-2H3. The number of piperidine rings is 2. The second-order valence-corrected chi connectivity index (χ2v) is 9.41. The molecule has 0 radical (unpaired) electrons. The van der Waals surface area contributed by atoms with E-state index in [1.54, 1.807) is 12.1 Å². The van der Waals surface area contributed by atoms with Crippen LogP contribution in [0.2, 0.25) is 10.0 Å². The first-order chi connectivity index (χ1) is 13.9. The average Bonchev–Trinajstić information content (AvgIpc) is 2.71. The maximum absolute atomic E-state index is 12.1. The third-order valence-electron chi connectivity index (χ3n) is 5.66. The van der Waals surface area contributed by atoms with Gasteiger partial charge in [0.1, 0.15) is 11.9 Å². The molecule has 2 aliphatic rings. The van der Waals surface area contributed by atoms with Gasteiger partial charge in [0.25, 0.3) is 0 Å². The van der Waals surface area contributed by atoms with E-state index in [9.17, 15) is 4.79 Å². The zero-order valence-electron chi connectivity index (χ0n) is 17.4. The van der Waals surface area contributed by atoms with Crippen LogP contribution in [0.1, 0.15) is 39.5 Å². The number of carbonyl (C=O) groups excluding carboxylic acids is 1. The Morgan fingerprint density at radius 1 is 1.07 bits per heavy atom. The van der Waals surface area contributed by atoms with Gasteiger partial charge in [-0.25, -0.2) is 4.79 Å². The molecule has 0 aliphatic carbocycles. The lowest BCUT2D eigenvalue weighted by Gasteiger charge is -2.37. The third kappa shape index (κ3) is 6.94. The van der Waals surface area contributed by atoms with Gasteiger partial charge in [0.05, 0.1) is 16.7 Å². The summed E-state index contributed by atoms with van der Waals surface area (Å²) in [4.78, 5) is 16.5. The summed E-state index contributed by atoms with van der Waals surface area (Å²) in [5.74, 6) is 1.81. The molecule has 5 nitrogen and oxygen atoms in total. The van der Waals surface area contributed by atoms with E-state index in [4.69, 9.17) is 32.7 Å². The second kappa shape index (κ2) is 10.7. The lowest BCUT2D eigenvalue weighted by atomic mass is 9.95. The number of ether oxygens (including phenoxy) is 2. The molecule has 1 aromatic rings. The highest BCUT2D eigenvalue weighted by molar-refractivity contribution is 6.42. The van der Waals surface area contributed by atoms with Crippen LogP contribution in [0.15, 0.2) is 18.2 Å². The Bertz CT molecular complexity index is 670. The van der Waals surface area contributed by atoms with Crippen molar-refractivity contribution in [2.75, 3.05) is 39.3 Å². The molecule has 0 N–H and O–H groups in total. The molecule has 0 saturated carbocycles. The molecule has 0 spiro atoms. The van der Waals surface area contributed by atoms with Gasteiger partial charge in [0.2, 0.25) is 0 Å². The molecule has 7 heteroatoms. The van der Waals surface area contributed by atoms with Gasteiger partial charge < -0.3 is 19.3 Å². The Morgan fingerprint density at radius 3 is 2.38 bits per heavy atom. The van der Waals surface area contributed by atoms with Crippen molar-refractivity contribution >= 4 is 29.3 Å². The normalized spacial score (nSPS) is 19.6. The lowest BCUT2D eigenvalue weighted by Crippen LogP contribution is -2.44. The summed E-state index contributed by atoms with van der Waals surface area (Å²) in [5.41, 5.74) is 0. The van der Waals surface area contributed by atoms with Crippen LogP contribution in [0.5, 0.6) is 5.75 Å². The molecule has 0 atom stereocenters. The Hall–Kier alpha value is -1.17. The summed E-state index contributed by atoms with van der Waals surface area (Å²) in [6, 6.07) is 5.44. The molecular formula is C22H32Cl2N2O3. The van der Waals surface area contributed by atoms with Crippen LogP contribution in [-0.2, 0) is 4.74 Å². The molecule has 2 heterocycles. The summed E-state index contributed by atoms with van der Waals surface area (Å²) >= 11 is 12.0. The number of likely N-dealkylation sites (tertiary alicyclic amines) is 2. The van der Waals surface area contributed by atoms with Gasteiger partial charge in [-0.05, 0) is 49.7 Å². The SMILES string of the molecule is CC(C)COC(=O)N1CCC(CN2CCC(Oc3ccc(Cl)c(Cl)c3)CC2)CC1. The molecule has 0 unspecified atom stereocenters. The minimum absolute atomic E-state index is 0.155. The molecule has 2 saturated heterocycles. The number of benzene rings is 1. The minimum atomic E-state index is -0.155. The van der Waals surface area contributed by atoms with Crippen molar-refractivity contribution in [2.24, 2.45) is 11.8 Å². The number of nitrogens with zero attached hydrogens (tertiary/aromatic N) is 2. The molecular weight excluding hydrogens is 411 g/mol. The number of hydrogen-bond acceptors (Lipinski definition) is 4. The van der Waals surface area contributed by atoms with E-state index >= 15 is 0 Å². The van der Waals surface area contributed by atoms with E-state index in [-0.39, 0.29) is 12.2 Å². The summed E-state index contributed by atoms with van der Waals surface area (Å²) in [7, 11) is 0. The lowest BCUT2D eigenvalue weighted by molar-refractivity contribution is 0.0630. The van der Waals surface area contributed by atoms with Crippen molar-refractivity contribution in [3.63, 3.8) is 0 Å². The minimum Gasteiger partial charge on any atom is -0.490 e. The molecule has 1 aromatic carbocycles. The number of carbonyl (C=O) groups is 1. The fraction of sp³-hybridized carbons (Fsp3) is 0.682. The summed E-state index contributed by atoms with van der Waals surface area (Å²) in [6.45, 7) is 9.41. The Labute approximate surface area is 184 Å². The van der Waals surface area contributed by atoms with Crippen molar-refractivity contribution in [1.29, 1.82) is 0 Å². The van der Waals surface area contributed by atoms with Gasteiger partial charge in [-0.2, -0.15) is 0 Å². The first-order valence-electron chi connectivity index (χ1n) is 10.7. The maximum atomic E-state index is 12.1. The van der Waals surface area contributed by atoms with E-state index in [1.165, 1.54) is 0 Å². The summed E-state index contributed by atoms with van der Waals surface area (Å²) in [5, 5.41) is 1.08. The molecule has 2 aliphatic heterocycles. The quantitative estimate of drug-likeness (QED) is 0.595. The fourth-order valence-electron chi connectivity index (χ4n) is 3.94. The van der Waals surface area contributed by atoms with Crippen molar-refractivity contribution < 1.29 is 14.3 Å². The monoisotopic (exact) mass is 442 g/mol. The highest BCUT2D eigenvalue weighted by Crippen LogP contribution is 2.28. The van der Waals surface area contributed by atoms with Gasteiger partial charge in [0, 0.05) is 38.8 Å². The first-order valence-corrected chi connectivity index (χ1v) is 11.4. The van der Waals surface area contributed by atoms with Crippen LogP contribution in [0.4, 0.5) is 4.79 Å². The van der Waals surface area contributed by atoms with Gasteiger partial charge in [-0.15, -0.1) is 0 Å². The Balaban J connectivity index is 1.35. The number of rotatable bonds is 6. The van der Waals surface area contributed by atoms with Crippen LogP contribution in [0, 0.1) is 11.8 Å². The van der Waals surface area contributed by atoms with Crippen LogP contribution in [-0.4, -0.2) is 61.3 Å². The molecule has 162 valence electrons. The van der Waals surface area contributed by atoms with Crippen LogP contribution < -0.4 is 4.74 Å². The number of amides is 1. The third-order valence-corrected chi connectivity index (χ3v) is 6.40. The zero-order chi connectivity index (χ0) is 20.8. The van der Waals surface area contributed by atoms with Crippen LogP contribution in [0.3, 0.4) is 0 Å². The fourth-order valence-corrected chi connectivity index (χ4v) is 4.23. The first kappa shape index (κ1) is 22.5. The van der Waals surface area contributed by atoms with Gasteiger partial charge in [-0.1, -0.05) is 37.0 Å². The van der Waals surface area contributed by atoms with Gasteiger partial charge in [0.15, 0.2) is 0 Å². The van der Waals surface area contributed by atoms with E-state index in [2.05, 4.69) is 18.7 Å². The smallest absolute Gasteiger partial charge is 0.409 e. The number of halogens is 2. The largest absolute Gasteiger partial charge is 0.490 e. The topological polar surface area (TPSA) is 42.0 Å². The molecule has 0 bridgehead atoms. The van der Waals surface area contributed by atoms with Gasteiger partial charge >= 0.3 is 6.09 Å². The van der Waals surface area contributed by atoms with Crippen LogP contribution in [0.25, 0.3) is 0 Å². The maximum Gasteiger partial charge on any atom is 0.409 e.